The molecule has 1 aromatic heterocycles. The van der Waals surface area contributed by atoms with Gasteiger partial charge in [-0.3, -0.25) is 0 Å². The van der Waals surface area contributed by atoms with Crippen molar-refractivity contribution in [3.8, 4) is 0 Å². The van der Waals surface area contributed by atoms with E-state index in [1.54, 1.807) is 0 Å². The Labute approximate surface area is 122 Å². The summed E-state index contributed by atoms with van der Waals surface area (Å²) >= 11 is 1.82. The Morgan fingerprint density at radius 1 is 1.42 bits per heavy atom. The Morgan fingerprint density at radius 3 is 2.89 bits per heavy atom. The molecule has 1 fully saturated rings. The highest BCUT2D eigenvalue weighted by molar-refractivity contribution is 7.09. The third-order valence-corrected chi connectivity index (χ3v) is 5.49. The third kappa shape index (κ3) is 4.28. The van der Waals surface area contributed by atoms with E-state index in [4.69, 9.17) is 0 Å². The lowest BCUT2D eigenvalue weighted by atomic mass is 9.76. The van der Waals surface area contributed by atoms with Crippen LogP contribution in [0.1, 0.15) is 56.7 Å². The number of hydrogen-bond donors (Lipinski definition) is 1. The highest BCUT2D eigenvalue weighted by atomic mass is 32.1. The second-order valence-corrected chi connectivity index (χ2v) is 6.89. The zero-order valence-corrected chi connectivity index (χ0v) is 13.4. The summed E-state index contributed by atoms with van der Waals surface area (Å²) in [5, 5.41) is 7.20. The minimum atomic E-state index is 0.630. The van der Waals surface area contributed by atoms with Crippen LogP contribution in [-0.4, -0.2) is 17.6 Å². The van der Waals surface area contributed by atoms with E-state index in [0.29, 0.717) is 6.04 Å². The van der Waals surface area contributed by atoms with Crippen LogP contribution in [-0.2, 0) is 6.42 Å². The maximum Gasteiger partial charge on any atom is 0.0943 e. The molecule has 0 saturated heterocycles. The van der Waals surface area contributed by atoms with Crippen LogP contribution < -0.4 is 5.32 Å². The maximum absolute atomic E-state index is 4.65. The Hall–Kier alpha value is -0.410. The number of aromatic nitrogens is 1. The summed E-state index contributed by atoms with van der Waals surface area (Å²) in [6.45, 7) is 7.73. The second kappa shape index (κ2) is 7.39. The zero-order chi connectivity index (χ0) is 13.7. The molecular formula is C16H28N2S. The van der Waals surface area contributed by atoms with E-state index in [1.165, 1.54) is 42.8 Å². The summed E-state index contributed by atoms with van der Waals surface area (Å²) in [5.74, 6) is 1.81. The molecule has 1 N–H and O–H groups in total. The summed E-state index contributed by atoms with van der Waals surface area (Å²) in [6, 6.07) is 0.630. The highest BCUT2D eigenvalue weighted by Gasteiger charge is 2.27. The molecule has 0 aliphatic heterocycles. The number of aryl methyl sites for hydroxylation is 1. The fourth-order valence-electron chi connectivity index (χ4n) is 3.42. The Kier molecular flexibility index (Phi) is 5.83. The van der Waals surface area contributed by atoms with Crippen molar-refractivity contribution >= 4 is 11.3 Å². The third-order valence-electron chi connectivity index (χ3n) is 4.50. The average Bonchev–Trinajstić information content (AvgIpc) is 2.84. The number of nitrogens with one attached hydrogen (secondary N) is 1. The summed E-state index contributed by atoms with van der Waals surface area (Å²) < 4.78 is 0. The van der Waals surface area contributed by atoms with Crippen LogP contribution in [0.2, 0.25) is 0 Å². The second-order valence-electron chi connectivity index (χ2n) is 5.95. The van der Waals surface area contributed by atoms with E-state index in [2.05, 4.69) is 36.5 Å². The van der Waals surface area contributed by atoms with Crippen molar-refractivity contribution in [2.45, 2.75) is 65.3 Å². The summed E-state index contributed by atoms with van der Waals surface area (Å²) in [4.78, 5) is 4.65. The van der Waals surface area contributed by atoms with Crippen molar-refractivity contribution in [3.63, 3.8) is 0 Å². The molecule has 2 rings (SSSR count). The molecular weight excluding hydrogens is 252 g/mol. The van der Waals surface area contributed by atoms with Crippen molar-refractivity contribution in [1.29, 1.82) is 0 Å². The summed E-state index contributed by atoms with van der Waals surface area (Å²) in [5.41, 5.74) is 1.17. The lowest BCUT2D eigenvalue weighted by Gasteiger charge is -2.34. The van der Waals surface area contributed by atoms with Crippen LogP contribution >= 0.6 is 11.3 Å². The fourth-order valence-corrected chi connectivity index (χ4v) is 4.25. The fraction of sp³-hybridized carbons (Fsp3) is 0.812. The van der Waals surface area contributed by atoms with Crippen LogP contribution in [0.3, 0.4) is 0 Å². The number of thiazole rings is 1. The highest BCUT2D eigenvalue weighted by Crippen LogP contribution is 2.34. The molecule has 1 heterocycles. The molecule has 19 heavy (non-hydrogen) atoms. The average molecular weight is 280 g/mol. The van der Waals surface area contributed by atoms with Gasteiger partial charge >= 0.3 is 0 Å². The molecule has 3 unspecified atom stereocenters. The first-order valence-electron chi connectivity index (χ1n) is 7.87. The van der Waals surface area contributed by atoms with Gasteiger partial charge in [0, 0.05) is 23.5 Å². The van der Waals surface area contributed by atoms with Gasteiger partial charge in [0.1, 0.15) is 0 Å². The van der Waals surface area contributed by atoms with Crippen molar-refractivity contribution in [3.05, 3.63) is 16.1 Å². The molecule has 1 saturated carbocycles. The Balaban J connectivity index is 1.98. The normalized spacial score (nSPS) is 25.4. The van der Waals surface area contributed by atoms with Gasteiger partial charge in [0.05, 0.1) is 5.01 Å². The lowest BCUT2D eigenvalue weighted by molar-refractivity contribution is 0.208. The van der Waals surface area contributed by atoms with Gasteiger partial charge in [-0.25, -0.2) is 4.98 Å². The first-order chi connectivity index (χ1) is 9.22. The SMILES string of the molecule is CCNC(Cc1nc(C)cs1)C1CCCC(CC)C1. The predicted octanol–water partition coefficient (Wildman–Crippen LogP) is 4.19. The van der Waals surface area contributed by atoms with E-state index in [1.807, 2.05) is 11.3 Å². The van der Waals surface area contributed by atoms with Gasteiger partial charge in [-0.2, -0.15) is 0 Å². The molecule has 2 nitrogen and oxygen atoms in total. The van der Waals surface area contributed by atoms with Gasteiger partial charge in [0.2, 0.25) is 0 Å². The first-order valence-corrected chi connectivity index (χ1v) is 8.75. The van der Waals surface area contributed by atoms with Gasteiger partial charge < -0.3 is 5.32 Å². The molecule has 0 aromatic carbocycles. The van der Waals surface area contributed by atoms with E-state index in [9.17, 15) is 0 Å². The Bertz CT molecular complexity index is 375. The van der Waals surface area contributed by atoms with Crippen LogP contribution in [0, 0.1) is 18.8 Å². The van der Waals surface area contributed by atoms with Gasteiger partial charge in [-0.05, 0) is 38.1 Å². The van der Waals surface area contributed by atoms with Crippen LogP contribution in [0.15, 0.2) is 5.38 Å². The van der Waals surface area contributed by atoms with Crippen molar-refractivity contribution in [1.82, 2.24) is 10.3 Å². The van der Waals surface area contributed by atoms with E-state index < -0.39 is 0 Å². The van der Waals surface area contributed by atoms with Crippen molar-refractivity contribution in [2.24, 2.45) is 11.8 Å². The maximum atomic E-state index is 4.65. The number of rotatable bonds is 6. The first kappa shape index (κ1) is 15.0. The van der Waals surface area contributed by atoms with Crippen LogP contribution in [0.5, 0.6) is 0 Å². The topological polar surface area (TPSA) is 24.9 Å². The molecule has 3 atom stereocenters. The van der Waals surface area contributed by atoms with Crippen molar-refractivity contribution in [2.75, 3.05) is 6.54 Å². The minimum absolute atomic E-state index is 0.630. The molecule has 0 spiro atoms. The monoisotopic (exact) mass is 280 g/mol. The van der Waals surface area contributed by atoms with Crippen LogP contribution in [0.4, 0.5) is 0 Å². The molecule has 0 radical (unpaired) electrons. The molecule has 0 bridgehead atoms. The summed E-state index contributed by atoms with van der Waals surface area (Å²) in [7, 11) is 0. The number of nitrogens with zero attached hydrogens (tertiary/aromatic N) is 1. The standard InChI is InChI=1S/C16H28N2S/c1-4-13-7-6-8-14(9-13)15(17-5-2)10-16-18-12(3)11-19-16/h11,13-15,17H,4-10H2,1-3H3. The quantitative estimate of drug-likeness (QED) is 0.845. The molecule has 1 aliphatic rings. The van der Waals surface area contributed by atoms with E-state index >= 15 is 0 Å². The van der Waals surface area contributed by atoms with Gasteiger partial charge in [0.15, 0.2) is 0 Å². The van der Waals surface area contributed by atoms with E-state index in [0.717, 1.165) is 24.8 Å². The van der Waals surface area contributed by atoms with Gasteiger partial charge in [-0.1, -0.05) is 33.1 Å². The van der Waals surface area contributed by atoms with E-state index in [-0.39, 0.29) is 0 Å². The molecule has 108 valence electrons. The van der Waals surface area contributed by atoms with Gasteiger partial charge in [0.25, 0.3) is 0 Å². The molecule has 0 amide bonds. The summed E-state index contributed by atoms with van der Waals surface area (Å²) in [6.07, 6.45) is 8.15. The number of hydrogen-bond acceptors (Lipinski definition) is 3. The largest absolute Gasteiger partial charge is 0.314 e. The van der Waals surface area contributed by atoms with Gasteiger partial charge in [-0.15, -0.1) is 11.3 Å². The molecule has 1 aliphatic carbocycles. The lowest BCUT2D eigenvalue weighted by Crippen LogP contribution is -2.40. The molecule has 3 heteroatoms. The van der Waals surface area contributed by atoms with Crippen LogP contribution in [0.25, 0.3) is 0 Å². The number of likely N-dealkylation sites (N-methyl/N-ethyl adjacent to an activating group) is 1. The minimum Gasteiger partial charge on any atom is -0.314 e. The zero-order valence-electron chi connectivity index (χ0n) is 12.6. The van der Waals surface area contributed by atoms with Crippen molar-refractivity contribution < 1.29 is 0 Å². The molecule has 1 aromatic rings. The Morgan fingerprint density at radius 2 is 2.26 bits per heavy atom. The predicted molar refractivity (Wildman–Crippen MR) is 83.8 cm³/mol. The smallest absolute Gasteiger partial charge is 0.0943 e.